The topological polar surface area (TPSA) is 106 Å². The normalized spacial score (nSPS) is 26.8. The van der Waals surface area contributed by atoms with E-state index in [1.807, 2.05) is 42.5 Å². The zero-order valence-electron chi connectivity index (χ0n) is 21.3. The van der Waals surface area contributed by atoms with Gasteiger partial charge in [-0.05, 0) is 50.7 Å². The van der Waals surface area contributed by atoms with Crippen LogP contribution in [0.2, 0.25) is 0 Å². The predicted octanol–water partition coefficient (Wildman–Crippen LogP) is 2.62. The first-order chi connectivity index (χ1) is 17.3. The Morgan fingerprint density at radius 3 is 2.47 bits per heavy atom. The highest BCUT2D eigenvalue weighted by Gasteiger charge is 2.50. The quantitative estimate of drug-likeness (QED) is 0.456. The van der Waals surface area contributed by atoms with E-state index in [0.717, 1.165) is 29.7 Å². The molecular formula is C28H36N2O6. The largest absolute Gasteiger partial charge is 0.501 e. The monoisotopic (exact) mass is 496 g/mol. The molecule has 5 atom stereocenters. The van der Waals surface area contributed by atoms with Gasteiger partial charge in [0.1, 0.15) is 17.7 Å². The molecular weight excluding hydrogens is 460 g/mol. The summed E-state index contributed by atoms with van der Waals surface area (Å²) in [7, 11) is 1.65. The number of amides is 2. The van der Waals surface area contributed by atoms with Crippen LogP contribution in [0.15, 0.2) is 53.8 Å². The van der Waals surface area contributed by atoms with Crippen LogP contribution in [0.3, 0.4) is 0 Å². The molecule has 2 saturated heterocycles. The molecule has 1 aromatic rings. The smallest absolute Gasteiger partial charge is 0.249 e. The van der Waals surface area contributed by atoms with Gasteiger partial charge in [-0.3, -0.25) is 14.4 Å². The number of benzene rings is 1. The fraction of sp³-hybridized carbons (Fsp3) is 0.536. The molecule has 2 heterocycles. The third-order valence-corrected chi connectivity index (χ3v) is 7.11. The van der Waals surface area contributed by atoms with Crippen LogP contribution in [0.1, 0.15) is 45.1 Å². The molecule has 0 spiro atoms. The van der Waals surface area contributed by atoms with E-state index in [1.54, 1.807) is 14.0 Å². The van der Waals surface area contributed by atoms with Crippen molar-refractivity contribution in [1.82, 2.24) is 10.6 Å². The third-order valence-electron chi connectivity index (χ3n) is 7.11. The molecule has 0 aromatic heterocycles. The van der Waals surface area contributed by atoms with Gasteiger partial charge in [0.25, 0.3) is 0 Å². The Morgan fingerprint density at radius 2 is 1.86 bits per heavy atom. The lowest BCUT2D eigenvalue weighted by molar-refractivity contribution is -0.135. The van der Waals surface area contributed by atoms with Crippen molar-refractivity contribution in [3.8, 4) is 0 Å². The lowest BCUT2D eigenvalue weighted by Gasteiger charge is -2.27. The lowest BCUT2D eigenvalue weighted by Crippen LogP contribution is -2.55. The summed E-state index contributed by atoms with van der Waals surface area (Å²) in [6.07, 6.45) is 6.14. The van der Waals surface area contributed by atoms with Crippen molar-refractivity contribution in [2.75, 3.05) is 20.3 Å². The fourth-order valence-corrected chi connectivity index (χ4v) is 4.82. The zero-order chi connectivity index (χ0) is 25.7. The summed E-state index contributed by atoms with van der Waals surface area (Å²) in [6.45, 7) is 4.68. The van der Waals surface area contributed by atoms with Gasteiger partial charge in [0.15, 0.2) is 5.78 Å². The number of nitrogens with one attached hydrogen (secondary N) is 2. The average molecular weight is 497 g/mol. The second-order valence-corrected chi connectivity index (χ2v) is 10.1. The molecule has 1 aliphatic carbocycles. The van der Waals surface area contributed by atoms with E-state index in [0.29, 0.717) is 32.5 Å². The molecule has 5 unspecified atom stereocenters. The fourth-order valence-electron chi connectivity index (χ4n) is 4.82. The molecule has 3 aliphatic rings. The second kappa shape index (κ2) is 11.4. The Labute approximate surface area is 212 Å². The zero-order valence-corrected chi connectivity index (χ0v) is 21.3. The first kappa shape index (κ1) is 26.1. The van der Waals surface area contributed by atoms with Gasteiger partial charge in [0.2, 0.25) is 11.8 Å². The van der Waals surface area contributed by atoms with Crippen molar-refractivity contribution < 1.29 is 28.6 Å². The number of allylic oxidation sites excluding steroid dienone is 3. The highest BCUT2D eigenvalue weighted by atomic mass is 16.6. The molecule has 2 aliphatic heterocycles. The number of ether oxygens (including phenoxy) is 3. The molecule has 0 bridgehead atoms. The number of carbonyl (C=O) groups is 3. The molecule has 8 nitrogen and oxygen atoms in total. The lowest BCUT2D eigenvalue weighted by atomic mass is 9.89. The van der Waals surface area contributed by atoms with Crippen LogP contribution < -0.4 is 10.6 Å². The van der Waals surface area contributed by atoms with Gasteiger partial charge in [-0.25, -0.2) is 0 Å². The number of epoxide rings is 1. The molecule has 0 saturated carbocycles. The molecule has 2 N–H and O–H groups in total. The maximum absolute atomic E-state index is 13.6. The number of carbonyl (C=O) groups excluding carboxylic acids is 3. The van der Waals surface area contributed by atoms with E-state index in [2.05, 4.69) is 17.6 Å². The van der Waals surface area contributed by atoms with E-state index in [-0.39, 0.29) is 17.6 Å². The maximum Gasteiger partial charge on any atom is 0.249 e. The summed E-state index contributed by atoms with van der Waals surface area (Å²) >= 11 is 0. The van der Waals surface area contributed by atoms with Gasteiger partial charge >= 0.3 is 0 Å². The Bertz CT molecular complexity index is 1020. The summed E-state index contributed by atoms with van der Waals surface area (Å²) in [4.78, 5) is 39.7. The van der Waals surface area contributed by atoms with Crippen LogP contribution in [0, 0.1) is 5.92 Å². The van der Waals surface area contributed by atoms with E-state index < -0.39 is 29.7 Å². The SMILES string of the molecule is COC1=CC=C(CC(NC(=O)C2CCCO2)C(=O)NC(Cc2ccccc2)C(=O)C2(C)CO2)CC1C. The van der Waals surface area contributed by atoms with Gasteiger partial charge < -0.3 is 24.8 Å². The molecule has 2 amide bonds. The first-order valence-electron chi connectivity index (χ1n) is 12.7. The Hall–Kier alpha value is -2.97. The molecule has 36 heavy (non-hydrogen) atoms. The molecule has 1 aromatic carbocycles. The van der Waals surface area contributed by atoms with Gasteiger partial charge in [-0.2, -0.15) is 0 Å². The minimum absolute atomic E-state index is 0.165. The van der Waals surface area contributed by atoms with Crippen molar-refractivity contribution in [2.24, 2.45) is 5.92 Å². The van der Waals surface area contributed by atoms with Crippen LogP contribution >= 0.6 is 0 Å². The van der Waals surface area contributed by atoms with E-state index >= 15 is 0 Å². The van der Waals surface area contributed by atoms with Crippen molar-refractivity contribution >= 4 is 17.6 Å². The number of methoxy groups -OCH3 is 1. The van der Waals surface area contributed by atoms with Gasteiger partial charge in [-0.1, -0.05) is 48.9 Å². The minimum Gasteiger partial charge on any atom is -0.501 e. The van der Waals surface area contributed by atoms with Gasteiger partial charge in [0, 0.05) is 12.5 Å². The third kappa shape index (κ3) is 6.42. The minimum atomic E-state index is -0.883. The van der Waals surface area contributed by atoms with Crippen LogP contribution in [0.4, 0.5) is 0 Å². The van der Waals surface area contributed by atoms with Gasteiger partial charge in [0.05, 0.1) is 25.5 Å². The van der Waals surface area contributed by atoms with Crippen LogP contribution in [0.5, 0.6) is 0 Å². The van der Waals surface area contributed by atoms with Crippen LogP contribution in [-0.4, -0.2) is 61.7 Å². The highest BCUT2D eigenvalue weighted by molar-refractivity contribution is 5.98. The summed E-state index contributed by atoms with van der Waals surface area (Å²) in [5.74, 6) is 0.201. The second-order valence-electron chi connectivity index (χ2n) is 10.1. The maximum atomic E-state index is 13.6. The van der Waals surface area contributed by atoms with E-state index in [1.165, 1.54) is 0 Å². The first-order valence-corrected chi connectivity index (χ1v) is 12.7. The van der Waals surface area contributed by atoms with Crippen molar-refractivity contribution in [3.63, 3.8) is 0 Å². The van der Waals surface area contributed by atoms with Crippen LogP contribution in [-0.2, 0) is 35.0 Å². The number of hydrogen-bond donors (Lipinski definition) is 2. The summed E-state index contributed by atoms with van der Waals surface area (Å²) in [5.41, 5.74) is 1.08. The van der Waals surface area contributed by atoms with Crippen molar-refractivity contribution in [3.05, 3.63) is 59.4 Å². The van der Waals surface area contributed by atoms with Gasteiger partial charge in [-0.15, -0.1) is 0 Å². The summed E-state index contributed by atoms with van der Waals surface area (Å²) in [6, 6.07) is 7.95. The molecule has 8 heteroatoms. The molecule has 2 fully saturated rings. The Kier molecular flexibility index (Phi) is 8.26. The van der Waals surface area contributed by atoms with Crippen molar-refractivity contribution in [2.45, 2.75) is 69.7 Å². The highest BCUT2D eigenvalue weighted by Crippen LogP contribution is 2.30. The van der Waals surface area contributed by atoms with Crippen LogP contribution in [0.25, 0.3) is 0 Å². The number of ketones is 1. The predicted molar refractivity (Wildman–Crippen MR) is 134 cm³/mol. The Balaban J connectivity index is 1.52. The summed E-state index contributed by atoms with van der Waals surface area (Å²) in [5, 5.41) is 5.83. The summed E-state index contributed by atoms with van der Waals surface area (Å²) < 4.78 is 16.3. The number of Topliss-reactive ketones (excluding diaryl/α,β-unsaturated/α-hetero) is 1. The molecule has 4 rings (SSSR count). The molecule has 194 valence electrons. The van der Waals surface area contributed by atoms with E-state index in [9.17, 15) is 14.4 Å². The van der Waals surface area contributed by atoms with Crippen molar-refractivity contribution in [1.29, 1.82) is 0 Å². The number of hydrogen-bond acceptors (Lipinski definition) is 6. The number of rotatable bonds is 11. The van der Waals surface area contributed by atoms with E-state index in [4.69, 9.17) is 14.2 Å². The Morgan fingerprint density at radius 1 is 1.11 bits per heavy atom. The standard InChI is InChI=1S/C28H36N2O6/c1-18-14-20(11-12-23(18)34-3)16-22(30-27(33)24-10-7-13-35-24)26(32)29-21(25(31)28(2)17-36-28)15-19-8-5-4-6-9-19/h4-6,8-9,11-12,18,21-22,24H,7,10,13-17H2,1-3H3,(H,29,32)(H,30,33). The average Bonchev–Trinajstić information content (AvgIpc) is 3.38. The molecule has 0 radical (unpaired) electrons.